The van der Waals surface area contributed by atoms with Gasteiger partial charge in [-0.3, -0.25) is 0 Å². The number of aromatic amines is 1. The van der Waals surface area contributed by atoms with E-state index in [0.29, 0.717) is 0 Å². The third kappa shape index (κ3) is 2.84. The van der Waals surface area contributed by atoms with E-state index in [0.717, 1.165) is 47.4 Å². The molecule has 0 aliphatic carbocycles. The number of aryl methyl sites for hydroxylation is 2. The molecule has 132 valence electrons. The normalized spacial score (nSPS) is 11.3. The third-order valence-corrected chi connectivity index (χ3v) is 5.19. The Hall–Kier alpha value is -2.81. The quantitative estimate of drug-likeness (QED) is 0.470. The minimum atomic E-state index is 0.834. The second kappa shape index (κ2) is 6.83. The SMILES string of the molecule is CCc1cc(-c2cc(-c3ccc4[nH]ccc4c3)no2)cc(CC)c1CC. The van der Waals surface area contributed by atoms with Gasteiger partial charge < -0.3 is 9.51 Å². The molecule has 2 heterocycles. The largest absolute Gasteiger partial charge is 0.361 e. The Kier molecular flexibility index (Phi) is 4.37. The summed E-state index contributed by atoms with van der Waals surface area (Å²) in [5.74, 6) is 0.834. The van der Waals surface area contributed by atoms with Gasteiger partial charge in [-0.05, 0) is 66.3 Å². The molecule has 0 fully saturated rings. The number of hydrogen-bond acceptors (Lipinski definition) is 2. The topological polar surface area (TPSA) is 41.8 Å². The summed E-state index contributed by atoms with van der Waals surface area (Å²) in [7, 11) is 0. The Balaban J connectivity index is 1.75. The van der Waals surface area contributed by atoms with Crippen molar-refractivity contribution >= 4 is 10.9 Å². The van der Waals surface area contributed by atoms with Gasteiger partial charge in [0.2, 0.25) is 0 Å². The maximum Gasteiger partial charge on any atom is 0.167 e. The van der Waals surface area contributed by atoms with Gasteiger partial charge in [-0.2, -0.15) is 0 Å². The number of nitrogens with zero attached hydrogens (tertiary/aromatic N) is 1. The van der Waals surface area contributed by atoms with Crippen molar-refractivity contribution in [3.05, 3.63) is 65.4 Å². The van der Waals surface area contributed by atoms with E-state index in [1.165, 1.54) is 22.1 Å². The fourth-order valence-electron chi connectivity index (χ4n) is 3.78. The summed E-state index contributed by atoms with van der Waals surface area (Å²) in [6, 6.07) is 14.9. The zero-order valence-corrected chi connectivity index (χ0v) is 15.6. The maximum atomic E-state index is 5.71. The predicted octanol–water partition coefficient (Wildman–Crippen LogP) is 6.18. The summed E-state index contributed by atoms with van der Waals surface area (Å²) in [4.78, 5) is 3.22. The van der Waals surface area contributed by atoms with Crippen LogP contribution in [-0.4, -0.2) is 10.1 Å². The minimum Gasteiger partial charge on any atom is -0.361 e. The number of benzene rings is 2. The van der Waals surface area contributed by atoms with E-state index in [1.807, 2.05) is 12.3 Å². The van der Waals surface area contributed by atoms with Crippen LogP contribution in [0.15, 0.2) is 53.2 Å². The minimum absolute atomic E-state index is 0.834. The highest BCUT2D eigenvalue weighted by molar-refractivity contribution is 5.84. The van der Waals surface area contributed by atoms with Crippen molar-refractivity contribution in [2.45, 2.75) is 40.0 Å². The summed E-state index contributed by atoms with van der Waals surface area (Å²) in [6.07, 6.45) is 5.10. The van der Waals surface area contributed by atoms with Gasteiger partial charge in [0, 0.05) is 34.3 Å². The van der Waals surface area contributed by atoms with Crippen molar-refractivity contribution < 1.29 is 4.52 Å². The molecule has 0 aliphatic heterocycles. The van der Waals surface area contributed by atoms with E-state index in [1.54, 1.807) is 0 Å². The van der Waals surface area contributed by atoms with Crippen LogP contribution in [0.1, 0.15) is 37.5 Å². The van der Waals surface area contributed by atoms with Crippen molar-refractivity contribution in [2.75, 3.05) is 0 Å². The zero-order valence-electron chi connectivity index (χ0n) is 15.6. The van der Waals surface area contributed by atoms with E-state index >= 15 is 0 Å². The lowest BCUT2D eigenvalue weighted by molar-refractivity contribution is 0.435. The van der Waals surface area contributed by atoms with Crippen molar-refractivity contribution in [2.24, 2.45) is 0 Å². The number of rotatable bonds is 5. The molecule has 0 aliphatic rings. The van der Waals surface area contributed by atoms with Gasteiger partial charge in [-0.25, -0.2) is 0 Å². The van der Waals surface area contributed by atoms with Crippen LogP contribution in [0.25, 0.3) is 33.5 Å². The average molecular weight is 344 g/mol. The van der Waals surface area contributed by atoms with Crippen LogP contribution in [0.2, 0.25) is 0 Å². The molecule has 0 amide bonds. The Labute approximate surface area is 154 Å². The van der Waals surface area contributed by atoms with Gasteiger partial charge >= 0.3 is 0 Å². The van der Waals surface area contributed by atoms with E-state index in [2.05, 4.69) is 67.3 Å². The van der Waals surface area contributed by atoms with Gasteiger partial charge in [0.05, 0.1) is 0 Å². The highest BCUT2D eigenvalue weighted by Gasteiger charge is 2.13. The van der Waals surface area contributed by atoms with E-state index in [4.69, 9.17) is 4.52 Å². The summed E-state index contributed by atoms with van der Waals surface area (Å²) in [5, 5.41) is 5.50. The lowest BCUT2D eigenvalue weighted by atomic mass is 9.92. The van der Waals surface area contributed by atoms with Crippen molar-refractivity contribution in [3.63, 3.8) is 0 Å². The van der Waals surface area contributed by atoms with Gasteiger partial charge in [0.15, 0.2) is 5.76 Å². The van der Waals surface area contributed by atoms with Crippen LogP contribution in [0.3, 0.4) is 0 Å². The van der Waals surface area contributed by atoms with Crippen LogP contribution >= 0.6 is 0 Å². The van der Waals surface area contributed by atoms with Crippen molar-refractivity contribution in [3.8, 4) is 22.6 Å². The fourth-order valence-corrected chi connectivity index (χ4v) is 3.78. The molecule has 0 saturated carbocycles. The Bertz CT molecular complexity index is 1030. The standard InChI is InChI=1S/C23H24N2O/c1-4-15-11-19(12-16(5-2)20(15)6-3)23-14-22(25-26-23)17-7-8-21-18(13-17)9-10-24-21/h7-14,24H,4-6H2,1-3H3. The first-order chi connectivity index (χ1) is 12.7. The molecule has 1 N–H and O–H groups in total. The zero-order chi connectivity index (χ0) is 18.1. The summed E-state index contributed by atoms with van der Waals surface area (Å²) in [6.45, 7) is 6.67. The Morgan fingerprint density at radius 1 is 0.846 bits per heavy atom. The smallest absolute Gasteiger partial charge is 0.167 e. The van der Waals surface area contributed by atoms with Gasteiger partial charge in [0.1, 0.15) is 5.69 Å². The van der Waals surface area contributed by atoms with E-state index in [9.17, 15) is 0 Å². The molecule has 0 radical (unpaired) electrons. The first-order valence-corrected chi connectivity index (χ1v) is 9.42. The van der Waals surface area contributed by atoms with Crippen molar-refractivity contribution in [1.82, 2.24) is 10.1 Å². The van der Waals surface area contributed by atoms with Crippen LogP contribution < -0.4 is 0 Å². The fraction of sp³-hybridized carbons (Fsp3) is 0.261. The molecule has 0 atom stereocenters. The first kappa shape index (κ1) is 16.6. The molecule has 4 rings (SSSR count). The lowest BCUT2D eigenvalue weighted by Crippen LogP contribution is -1.98. The van der Waals surface area contributed by atoms with Gasteiger partial charge in [-0.1, -0.05) is 32.0 Å². The van der Waals surface area contributed by atoms with Crippen LogP contribution in [-0.2, 0) is 19.3 Å². The summed E-state index contributed by atoms with van der Waals surface area (Å²) in [5.41, 5.74) is 8.51. The number of nitrogens with one attached hydrogen (secondary N) is 1. The molecule has 26 heavy (non-hydrogen) atoms. The predicted molar refractivity (Wildman–Crippen MR) is 107 cm³/mol. The molecule has 4 aromatic rings. The third-order valence-electron chi connectivity index (χ3n) is 5.19. The molecule has 3 nitrogen and oxygen atoms in total. The Morgan fingerprint density at radius 3 is 2.31 bits per heavy atom. The van der Waals surface area contributed by atoms with Crippen LogP contribution in [0, 0.1) is 0 Å². The van der Waals surface area contributed by atoms with Crippen LogP contribution in [0.4, 0.5) is 0 Å². The van der Waals surface area contributed by atoms with E-state index < -0.39 is 0 Å². The highest BCUT2D eigenvalue weighted by atomic mass is 16.5. The van der Waals surface area contributed by atoms with Gasteiger partial charge in [-0.15, -0.1) is 0 Å². The molecule has 0 bridgehead atoms. The van der Waals surface area contributed by atoms with Crippen LogP contribution in [0.5, 0.6) is 0 Å². The van der Waals surface area contributed by atoms with Crippen molar-refractivity contribution in [1.29, 1.82) is 0 Å². The first-order valence-electron chi connectivity index (χ1n) is 9.42. The Morgan fingerprint density at radius 2 is 1.62 bits per heavy atom. The molecule has 0 spiro atoms. The highest BCUT2D eigenvalue weighted by Crippen LogP contribution is 2.31. The maximum absolute atomic E-state index is 5.71. The summed E-state index contributed by atoms with van der Waals surface area (Å²) >= 11 is 0. The molecule has 2 aromatic carbocycles. The molecular weight excluding hydrogens is 320 g/mol. The van der Waals surface area contributed by atoms with Gasteiger partial charge in [0.25, 0.3) is 0 Å². The number of fused-ring (bicyclic) bond motifs is 1. The molecular formula is C23H24N2O. The molecule has 3 heteroatoms. The number of aromatic nitrogens is 2. The van der Waals surface area contributed by atoms with E-state index in [-0.39, 0.29) is 0 Å². The molecule has 0 unspecified atom stereocenters. The second-order valence-corrected chi connectivity index (χ2v) is 6.69. The lowest BCUT2D eigenvalue weighted by Gasteiger charge is -2.13. The average Bonchev–Trinajstić information content (AvgIpc) is 3.35. The second-order valence-electron chi connectivity index (χ2n) is 6.69. The molecule has 0 saturated heterocycles. The monoisotopic (exact) mass is 344 g/mol. The summed E-state index contributed by atoms with van der Waals surface area (Å²) < 4.78 is 5.71. The number of hydrogen-bond donors (Lipinski definition) is 1. The number of H-pyrrole nitrogens is 1. The molecule has 2 aromatic heterocycles.